The van der Waals surface area contributed by atoms with E-state index in [-0.39, 0.29) is 24.4 Å². The van der Waals surface area contributed by atoms with Crippen LogP contribution in [0.3, 0.4) is 0 Å². The van der Waals surface area contributed by atoms with E-state index in [2.05, 4.69) is 25.7 Å². The maximum atomic E-state index is 12.8. The zero-order valence-electron chi connectivity index (χ0n) is 13.6. The molecule has 8 nitrogen and oxygen atoms in total. The van der Waals surface area contributed by atoms with Crippen LogP contribution in [-0.2, 0) is 18.6 Å². The molecule has 9 heteroatoms. The number of nitrogens with zero attached hydrogens (tertiary/aromatic N) is 6. The number of hydrogen-bond acceptors (Lipinski definition) is 7. The Morgan fingerprint density at radius 3 is 2.67 bits per heavy atom. The Morgan fingerprint density at radius 2 is 1.96 bits per heavy atom. The summed E-state index contributed by atoms with van der Waals surface area (Å²) in [6.07, 6.45) is 0. The van der Waals surface area contributed by atoms with E-state index in [0.717, 1.165) is 5.82 Å². The second-order valence-electron chi connectivity index (χ2n) is 6.26. The van der Waals surface area contributed by atoms with E-state index in [4.69, 9.17) is 9.26 Å². The summed E-state index contributed by atoms with van der Waals surface area (Å²) in [6, 6.07) is 5.71. The van der Waals surface area contributed by atoms with Gasteiger partial charge in [0.15, 0.2) is 12.4 Å². The third-order valence-electron chi connectivity index (χ3n) is 3.18. The lowest BCUT2D eigenvalue weighted by Crippen LogP contribution is -2.20. The maximum Gasteiger partial charge on any atom is 0.248 e. The van der Waals surface area contributed by atoms with E-state index in [1.807, 2.05) is 20.8 Å². The number of benzene rings is 1. The second kappa shape index (κ2) is 6.34. The highest BCUT2D eigenvalue weighted by Crippen LogP contribution is 2.19. The monoisotopic (exact) mass is 332 g/mol. The Balaban J connectivity index is 1.64. The molecule has 0 atom stereocenters. The van der Waals surface area contributed by atoms with Gasteiger partial charge in [0.2, 0.25) is 11.7 Å². The van der Waals surface area contributed by atoms with Crippen molar-refractivity contribution < 1.29 is 13.7 Å². The summed E-state index contributed by atoms with van der Waals surface area (Å²) in [7, 11) is 0. The molecule has 0 aliphatic heterocycles. The fourth-order valence-electron chi connectivity index (χ4n) is 2.07. The summed E-state index contributed by atoms with van der Waals surface area (Å²) < 4.78 is 25.1. The molecule has 0 radical (unpaired) electrons. The molecule has 0 spiro atoms. The molecule has 0 bridgehead atoms. The Hall–Kier alpha value is -2.84. The highest BCUT2D eigenvalue weighted by molar-refractivity contribution is 5.22. The molecule has 126 valence electrons. The van der Waals surface area contributed by atoms with Gasteiger partial charge >= 0.3 is 0 Å². The molecule has 0 fully saturated rings. The molecule has 0 unspecified atom stereocenters. The van der Waals surface area contributed by atoms with Crippen LogP contribution in [-0.4, -0.2) is 30.3 Å². The van der Waals surface area contributed by atoms with Crippen molar-refractivity contribution in [2.24, 2.45) is 0 Å². The van der Waals surface area contributed by atoms with Crippen LogP contribution in [0.5, 0.6) is 5.75 Å². The van der Waals surface area contributed by atoms with E-state index >= 15 is 0 Å². The summed E-state index contributed by atoms with van der Waals surface area (Å²) >= 11 is 0. The van der Waals surface area contributed by atoms with Crippen molar-refractivity contribution in [2.75, 3.05) is 0 Å². The summed E-state index contributed by atoms with van der Waals surface area (Å²) in [5.41, 5.74) is -0.196. The number of aromatic nitrogens is 6. The van der Waals surface area contributed by atoms with Gasteiger partial charge < -0.3 is 9.26 Å². The van der Waals surface area contributed by atoms with Crippen LogP contribution < -0.4 is 4.74 Å². The summed E-state index contributed by atoms with van der Waals surface area (Å²) in [6.45, 7) is 6.46. The van der Waals surface area contributed by atoms with Gasteiger partial charge in [0.1, 0.15) is 18.1 Å². The smallest absolute Gasteiger partial charge is 0.248 e. The number of rotatable bonds is 5. The number of tetrazole rings is 1. The third-order valence-corrected chi connectivity index (χ3v) is 3.18. The summed E-state index contributed by atoms with van der Waals surface area (Å²) in [4.78, 5) is 4.25. The molecule has 0 aliphatic rings. The standard InChI is InChI=1S/C15H17FN6O2/c1-15(2,3)14-18-20-21-22(14)8-13-17-12(19-24-13)9-23-11-6-4-10(16)5-7-11/h4-7H,8-9H2,1-3H3. The molecule has 0 N–H and O–H groups in total. The topological polar surface area (TPSA) is 91.8 Å². The predicted molar refractivity (Wildman–Crippen MR) is 80.6 cm³/mol. The largest absolute Gasteiger partial charge is 0.485 e. The Morgan fingerprint density at radius 1 is 1.21 bits per heavy atom. The molecular weight excluding hydrogens is 315 g/mol. The minimum Gasteiger partial charge on any atom is -0.485 e. The van der Waals surface area contributed by atoms with E-state index < -0.39 is 0 Å². The molecule has 0 amide bonds. The van der Waals surface area contributed by atoms with Gasteiger partial charge in [-0.05, 0) is 34.7 Å². The normalized spacial score (nSPS) is 11.7. The molecule has 24 heavy (non-hydrogen) atoms. The summed E-state index contributed by atoms with van der Waals surface area (Å²) in [5.74, 6) is 1.70. The quantitative estimate of drug-likeness (QED) is 0.706. The Bertz CT molecular complexity index is 806. The van der Waals surface area contributed by atoms with Crippen molar-refractivity contribution in [1.29, 1.82) is 0 Å². The van der Waals surface area contributed by atoms with Gasteiger partial charge in [-0.3, -0.25) is 0 Å². The van der Waals surface area contributed by atoms with Gasteiger partial charge in [0, 0.05) is 5.41 Å². The Kier molecular flexibility index (Phi) is 4.24. The lowest BCUT2D eigenvalue weighted by molar-refractivity contribution is 0.284. The van der Waals surface area contributed by atoms with Gasteiger partial charge in [-0.25, -0.2) is 9.07 Å². The van der Waals surface area contributed by atoms with Gasteiger partial charge in [-0.2, -0.15) is 4.98 Å². The van der Waals surface area contributed by atoms with Crippen LogP contribution in [0.25, 0.3) is 0 Å². The molecule has 3 aromatic rings. The van der Waals surface area contributed by atoms with E-state index in [9.17, 15) is 4.39 Å². The molecule has 1 aromatic carbocycles. The second-order valence-corrected chi connectivity index (χ2v) is 6.26. The third kappa shape index (κ3) is 3.73. The predicted octanol–water partition coefficient (Wildman–Crippen LogP) is 2.12. The first-order chi connectivity index (χ1) is 11.4. The SMILES string of the molecule is CC(C)(C)c1nnnn1Cc1nc(COc2ccc(F)cc2)no1. The zero-order valence-corrected chi connectivity index (χ0v) is 13.6. The van der Waals surface area contributed by atoms with Crippen molar-refractivity contribution in [3.05, 3.63) is 47.6 Å². The van der Waals surface area contributed by atoms with Crippen LogP contribution in [0.15, 0.2) is 28.8 Å². The van der Waals surface area contributed by atoms with E-state index in [0.29, 0.717) is 17.5 Å². The summed E-state index contributed by atoms with van der Waals surface area (Å²) in [5, 5.41) is 15.5. The highest BCUT2D eigenvalue weighted by Gasteiger charge is 2.23. The molecule has 3 rings (SSSR count). The first kappa shape index (κ1) is 16.0. The van der Waals surface area contributed by atoms with Crippen LogP contribution in [0.2, 0.25) is 0 Å². The van der Waals surface area contributed by atoms with Crippen LogP contribution in [0.1, 0.15) is 38.3 Å². The van der Waals surface area contributed by atoms with Gasteiger partial charge in [-0.15, -0.1) is 5.10 Å². The molecular formula is C15H17FN6O2. The average Bonchev–Trinajstić information content (AvgIpc) is 3.16. The van der Waals surface area contributed by atoms with E-state index in [1.54, 1.807) is 4.68 Å². The van der Waals surface area contributed by atoms with Crippen molar-refractivity contribution in [3.8, 4) is 5.75 Å². The minimum atomic E-state index is -0.319. The molecule has 0 aliphatic carbocycles. The van der Waals surface area contributed by atoms with Crippen molar-refractivity contribution in [3.63, 3.8) is 0 Å². The zero-order chi connectivity index (χ0) is 17.2. The lowest BCUT2D eigenvalue weighted by Gasteiger charge is -2.15. The average molecular weight is 332 g/mol. The first-order valence-electron chi connectivity index (χ1n) is 7.38. The van der Waals surface area contributed by atoms with Crippen molar-refractivity contribution >= 4 is 0 Å². The first-order valence-corrected chi connectivity index (χ1v) is 7.38. The fraction of sp³-hybridized carbons (Fsp3) is 0.400. The Labute approximate surface area is 137 Å². The lowest BCUT2D eigenvalue weighted by atomic mass is 9.96. The van der Waals surface area contributed by atoms with Gasteiger partial charge in [0.25, 0.3) is 0 Å². The number of ether oxygens (including phenoxy) is 1. The maximum absolute atomic E-state index is 12.8. The van der Waals surface area contributed by atoms with Crippen molar-refractivity contribution in [1.82, 2.24) is 30.3 Å². The van der Waals surface area contributed by atoms with E-state index in [1.165, 1.54) is 24.3 Å². The minimum absolute atomic E-state index is 0.122. The van der Waals surface area contributed by atoms with Crippen LogP contribution in [0, 0.1) is 5.82 Å². The van der Waals surface area contributed by atoms with Gasteiger partial charge in [0.05, 0.1) is 0 Å². The molecule has 2 heterocycles. The van der Waals surface area contributed by atoms with Crippen LogP contribution in [0.4, 0.5) is 4.39 Å². The molecule has 0 saturated heterocycles. The fourth-order valence-corrected chi connectivity index (χ4v) is 2.07. The van der Waals surface area contributed by atoms with Crippen LogP contribution >= 0.6 is 0 Å². The van der Waals surface area contributed by atoms with Crippen molar-refractivity contribution in [2.45, 2.75) is 39.3 Å². The molecule has 0 saturated carbocycles. The number of halogens is 1. The highest BCUT2D eigenvalue weighted by atomic mass is 19.1. The van der Waals surface area contributed by atoms with Gasteiger partial charge in [-0.1, -0.05) is 25.9 Å². The number of hydrogen-bond donors (Lipinski definition) is 0. The molecule has 2 aromatic heterocycles.